The second-order valence-electron chi connectivity index (χ2n) is 14.1. The smallest absolute Gasteiger partial charge is 0.0633 e. The van der Waals surface area contributed by atoms with Crippen molar-refractivity contribution in [1.29, 1.82) is 0 Å². The predicted molar refractivity (Wildman–Crippen MR) is 212 cm³/mol. The van der Waals surface area contributed by atoms with Crippen LogP contribution >= 0.6 is 0 Å². The molecule has 274 valence electrons. The van der Waals surface area contributed by atoms with Gasteiger partial charge < -0.3 is 0 Å². The summed E-state index contributed by atoms with van der Waals surface area (Å²) in [6, 6.07) is 20.9. The van der Waals surface area contributed by atoms with Crippen molar-refractivity contribution in [3.05, 3.63) is 60.7 Å². The topological polar surface area (TPSA) is 24.7 Å². The minimum atomic E-state index is 0. The minimum absolute atomic E-state index is 0. The zero-order valence-corrected chi connectivity index (χ0v) is 32.5. The summed E-state index contributed by atoms with van der Waals surface area (Å²) < 4.78 is 0. The van der Waals surface area contributed by atoms with E-state index in [9.17, 15) is 0 Å². The third kappa shape index (κ3) is 25.3. The molecule has 0 N–H and O–H groups in total. The Morgan fingerprint density at radius 1 is 0.333 bits per heavy atom. The second-order valence-corrected chi connectivity index (χ2v) is 14.1. The van der Waals surface area contributed by atoms with E-state index in [0.717, 1.165) is 30.6 Å². The maximum atomic E-state index is 5.12. The molecule has 0 aliphatic heterocycles. The molecule has 0 aliphatic rings. The van der Waals surface area contributed by atoms with Gasteiger partial charge in [-0.1, -0.05) is 211 Å². The molecule has 2 aromatic carbocycles. The molecule has 0 atom stereocenters. The number of aliphatic imine (C=N–C) groups is 2. The molecule has 0 fully saturated rings. The Morgan fingerprint density at radius 3 is 0.875 bits per heavy atom. The van der Waals surface area contributed by atoms with Crippen molar-refractivity contribution in [2.24, 2.45) is 9.98 Å². The Labute approximate surface area is 308 Å². The summed E-state index contributed by atoms with van der Waals surface area (Å²) >= 11 is 0. The van der Waals surface area contributed by atoms with Crippen LogP contribution in [0, 0.1) is 0 Å². The molecule has 2 nitrogen and oxygen atoms in total. The van der Waals surface area contributed by atoms with Gasteiger partial charge in [-0.05, 0) is 49.9 Å². The molecule has 0 aromatic heterocycles. The van der Waals surface area contributed by atoms with Crippen LogP contribution in [0.3, 0.4) is 0 Å². The first-order chi connectivity index (χ1) is 23.3. The standard InChI is InChI=1S/C45H74N2.Ni/c1-3-5-7-8-9-10-11-12-13-14-15-16-17-18-19-20-21-22-23-24-25-26-27-28-35-41-45(47-43-38-33-30-34-39-43)44(40-6-4-2)46-42-36-31-29-32-37-42;/h29-34,36-39H,3-28,35,40-41H2,1-2H3;/b46-44+,47-45+;. The van der Waals surface area contributed by atoms with Gasteiger partial charge in [-0.3, -0.25) is 9.98 Å². The van der Waals surface area contributed by atoms with Crippen LogP contribution in [0.5, 0.6) is 0 Å². The predicted octanol–water partition coefficient (Wildman–Crippen LogP) is 15.9. The van der Waals surface area contributed by atoms with Gasteiger partial charge in [-0.2, -0.15) is 0 Å². The van der Waals surface area contributed by atoms with Crippen LogP contribution in [0.2, 0.25) is 0 Å². The van der Waals surface area contributed by atoms with E-state index < -0.39 is 0 Å². The van der Waals surface area contributed by atoms with Gasteiger partial charge >= 0.3 is 0 Å². The molecule has 0 spiro atoms. The summed E-state index contributed by atoms with van der Waals surface area (Å²) in [6.45, 7) is 4.56. The summed E-state index contributed by atoms with van der Waals surface area (Å²) in [5.74, 6) is 0. The van der Waals surface area contributed by atoms with Crippen molar-refractivity contribution in [3.63, 3.8) is 0 Å². The molecule has 0 saturated carbocycles. The van der Waals surface area contributed by atoms with Crippen molar-refractivity contribution in [1.82, 2.24) is 0 Å². The number of rotatable bonds is 32. The summed E-state index contributed by atoms with van der Waals surface area (Å²) in [7, 11) is 0. The molecule has 0 amide bonds. The number of hydrogen-bond acceptors (Lipinski definition) is 2. The van der Waals surface area contributed by atoms with Gasteiger partial charge in [0.15, 0.2) is 0 Å². The number of nitrogens with zero attached hydrogens (tertiary/aromatic N) is 2. The number of benzene rings is 2. The van der Waals surface area contributed by atoms with Crippen molar-refractivity contribution in [2.45, 2.75) is 200 Å². The summed E-state index contributed by atoms with van der Waals surface area (Å²) in [5, 5.41) is 0. The molecule has 3 heteroatoms. The molecule has 0 unspecified atom stereocenters. The molecule has 0 bridgehead atoms. The minimum Gasteiger partial charge on any atom is -0.252 e. The third-order valence-electron chi connectivity index (χ3n) is 9.66. The summed E-state index contributed by atoms with van der Waals surface area (Å²) in [4.78, 5) is 10.2. The number of hydrogen-bond donors (Lipinski definition) is 0. The molecular formula is C45H74N2Ni. The summed E-state index contributed by atoms with van der Waals surface area (Å²) in [6.07, 6.45) is 40.1. The van der Waals surface area contributed by atoms with Crippen molar-refractivity contribution in [2.75, 3.05) is 0 Å². The zero-order chi connectivity index (χ0) is 33.3. The van der Waals surface area contributed by atoms with Crippen LogP contribution in [-0.4, -0.2) is 11.4 Å². The maximum absolute atomic E-state index is 5.12. The van der Waals surface area contributed by atoms with Crippen LogP contribution in [0.15, 0.2) is 70.6 Å². The fourth-order valence-electron chi connectivity index (χ4n) is 6.62. The fraction of sp³-hybridized carbons (Fsp3) is 0.689. The Bertz CT molecular complexity index is 1000. The Kier molecular flexibility index (Phi) is 31.2. The van der Waals surface area contributed by atoms with Crippen LogP contribution < -0.4 is 0 Å². The van der Waals surface area contributed by atoms with Crippen molar-refractivity contribution < 1.29 is 16.5 Å². The van der Waals surface area contributed by atoms with E-state index in [4.69, 9.17) is 9.98 Å². The van der Waals surface area contributed by atoms with Crippen LogP contribution in [0.1, 0.15) is 200 Å². The number of unbranched alkanes of at least 4 members (excludes halogenated alkanes) is 25. The van der Waals surface area contributed by atoms with Gasteiger partial charge in [-0.15, -0.1) is 0 Å². The van der Waals surface area contributed by atoms with Gasteiger partial charge in [0.05, 0.1) is 22.8 Å². The quantitative estimate of drug-likeness (QED) is 0.0412. The van der Waals surface area contributed by atoms with Gasteiger partial charge in [0.25, 0.3) is 0 Å². The molecular weight excluding hydrogens is 627 g/mol. The molecule has 0 heterocycles. The first kappa shape index (κ1) is 44.3. The van der Waals surface area contributed by atoms with Gasteiger partial charge in [0.2, 0.25) is 0 Å². The molecule has 2 rings (SSSR count). The summed E-state index contributed by atoms with van der Waals surface area (Å²) in [5.41, 5.74) is 4.43. The van der Waals surface area contributed by atoms with Crippen molar-refractivity contribution in [3.8, 4) is 0 Å². The average Bonchev–Trinajstić information content (AvgIpc) is 3.10. The Balaban J connectivity index is 0.0000115. The van der Waals surface area contributed by atoms with Gasteiger partial charge in [0, 0.05) is 16.5 Å². The second kappa shape index (κ2) is 33.8. The van der Waals surface area contributed by atoms with Crippen LogP contribution in [-0.2, 0) is 16.5 Å². The molecule has 2 aromatic rings. The normalized spacial score (nSPS) is 12.0. The molecule has 0 radical (unpaired) electrons. The van der Waals surface area contributed by atoms with E-state index in [1.54, 1.807) is 0 Å². The van der Waals surface area contributed by atoms with E-state index in [1.807, 2.05) is 0 Å². The van der Waals surface area contributed by atoms with Crippen LogP contribution in [0.4, 0.5) is 11.4 Å². The number of para-hydroxylation sites is 2. The molecule has 0 saturated heterocycles. The van der Waals surface area contributed by atoms with E-state index in [2.05, 4.69) is 74.5 Å². The van der Waals surface area contributed by atoms with E-state index in [-0.39, 0.29) is 16.5 Å². The first-order valence-corrected chi connectivity index (χ1v) is 20.6. The largest absolute Gasteiger partial charge is 0.252 e. The monoisotopic (exact) mass is 701 g/mol. The Hall–Kier alpha value is -1.73. The van der Waals surface area contributed by atoms with Crippen molar-refractivity contribution >= 4 is 22.8 Å². The van der Waals surface area contributed by atoms with E-state index >= 15 is 0 Å². The maximum Gasteiger partial charge on any atom is 0.0633 e. The molecule has 0 aliphatic carbocycles. The Morgan fingerprint density at radius 2 is 0.583 bits per heavy atom. The van der Waals surface area contributed by atoms with Crippen LogP contribution in [0.25, 0.3) is 0 Å². The fourth-order valence-corrected chi connectivity index (χ4v) is 6.62. The average molecular weight is 702 g/mol. The SMILES string of the molecule is CCCCCCCCCCCCCCCCCCCCCCCCCCCC(=N\c1ccccc1)/C(CCCC)=N/c1ccccc1.[Ni]. The van der Waals surface area contributed by atoms with E-state index in [0.29, 0.717) is 0 Å². The molecule has 48 heavy (non-hydrogen) atoms. The zero-order valence-electron chi connectivity index (χ0n) is 31.5. The van der Waals surface area contributed by atoms with Gasteiger partial charge in [0.1, 0.15) is 0 Å². The van der Waals surface area contributed by atoms with E-state index in [1.165, 1.54) is 178 Å². The first-order valence-electron chi connectivity index (χ1n) is 20.6. The van der Waals surface area contributed by atoms with Gasteiger partial charge in [-0.25, -0.2) is 0 Å². The third-order valence-corrected chi connectivity index (χ3v) is 9.66.